The van der Waals surface area contributed by atoms with Gasteiger partial charge in [0.15, 0.2) is 0 Å². The van der Waals surface area contributed by atoms with Gasteiger partial charge in [-0.1, -0.05) is 23.2 Å². The molecule has 1 atom stereocenters. The molecule has 1 saturated carbocycles. The average Bonchev–Trinajstić information content (AvgIpc) is 3.01. The van der Waals surface area contributed by atoms with Crippen molar-refractivity contribution in [3.8, 4) is 0 Å². The van der Waals surface area contributed by atoms with Gasteiger partial charge < -0.3 is 5.73 Å². The fourth-order valence-corrected chi connectivity index (χ4v) is 2.72. The number of hydrogen-bond acceptors (Lipinski definition) is 2. The Balaban J connectivity index is 2.14. The van der Waals surface area contributed by atoms with Crippen LogP contribution in [0.2, 0.25) is 10.0 Å². The molecule has 1 fully saturated rings. The molecule has 0 saturated heterocycles. The van der Waals surface area contributed by atoms with E-state index in [0.717, 1.165) is 18.0 Å². The van der Waals surface area contributed by atoms with Crippen LogP contribution in [0.5, 0.6) is 0 Å². The Morgan fingerprint density at radius 1 is 1.29 bits per heavy atom. The highest BCUT2D eigenvalue weighted by molar-refractivity contribution is 6.34. The Kier molecular flexibility index (Phi) is 4.31. The standard InChI is InChI=1S/C13H18Cl2N2/c1-17(8-9-2-3-9)13(7-16)10-4-11(14)6-12(15)5-10/h4-6,9,13H,2-3,7-8,16H2,1H3. The normalized spacial score (nSPS) is 17.5. The van der Waals surface area contributed by atoms with Crippen molar-refractivity contribution in [2.45, 2.75) is 18.9 Å². The minimum Gasteiger partial charge on any atom is -0.329 e. The Morgan fingerprint density at radius 3 is 2.35 bits per heavy atom. The summed E-state index contributed by atoms with van der Waals surface area (Å²) >= 11 is 12.1. The third kappa shape index (κ3) is 3.59. The van der Waals surface area contributed by atoms with E-state index in [4.69, 9.17) is 28.9 Å². The highest BCUT2D eigenvalue weighted by Crippen LogP contribution is 2.32. The van der Waals surface area contributed by atoms with E-state index in [-0.39, 0.29) is 6.04 Å². The van der Waals surface area contributed by atoms with Crippen LogP contribution in [-0.4, -0.2) is 25.0 Å². The van der Waals surface area contributed by atoms with Crippen LogP contribution in [0.15, 0.2) is 18.2 Å². The second-order valence-electron chi connectivity index (χ2n) is 4.84. The Hall–Kier alpha value is -0.280. The van der Waals surface area contributed by atoms with E-state index in [1.807, 2.05) is 12.1 Å². The quantitative estimate of drug-likeness (QED) is 0.891. The van der Waals surface area contributed by atoms with Crippen molar-refractivity contribution in [1.29, 1.82) is 0 Å². The molecule has 4 heteroatoms. The van der Waals surface area contributed by atoms with Gasteiger partial charge in [-0.2, -0.15) is 0 Å². The molecule has 0 aliphatic heterocycles. The van der Waals surface area contributed by atoms with Crippen molar-refractivity contribution in [1.82, 2.24) is 4.90 Å². The Bertz CT molecular complexity index is 371. The van der Waals surface area contributed by atoms with Crippen LogP contribution in [0.3, 0.4) is 0 Å². The molecule has 0 bridgehead atoms. The number of nitrogens with two attached hydrogens (primary N) is 1. The third-order valence-corrected chi connectivity index (χ3v) is 3.70. The molecule has 1 aliphatic carbocycles. The van der Waals surface area contributed by atoms with Crippen LogP contribution in [0, 0.1) is 5.92 Å². The molecular weight excluding hydrogens is 255 g/mol. The van der Waals surface area contributed by atoms with Gasteiger partial charge in [0.05, 0.1) is 0 Å². The average molecular weight is 273 g/mol. The highest BCUT2D eigenvalue weighted by Gasteiger charge is 2.26. The van der Waals surface area contributed by atoms with Gasteiger partial charge >= 0.3 is 0 Å². The zero-order chi connectivity index (χ0) is 12.4. The first-order valence-corrected chi connectivity index (χ1v) is 6.72. The van der Waals surface area contributed by atoms with Crippen LogP contribution in [-0.2, 0) is 0 Å². The summed E-state index contributed by atoms with van der Waals surface area (Å²) in [6.07, 6.45) is 2.69. The minimum atomic E-state index is 0.201. The zero-order valence-corrected chi connectivity index (χ0v) is 11.5. The summed E-state index contributed by atoms with van der Waals surface area (Å²) in [5, 5.41) is 1.34. The van der Waals surface area contributed by atoms with Crippen molar-refractivity contribution >= 4 is 23.2 Å². The van der Waals surface area contributed by atoms with Crippen molar-refractivity contribution in [2.75, 3.05) is 20.1 Å². The summed E-state index contributed by atoms with van der Waals surface area (Å²) in [5.41, 5.74) is 6.98. The molecule has 17 heavy (non-hydrogen) atoms. The first-order chi connectivity index (χ1) is 8.10. The topological polar surface area (TPSA) is 29.3 Å². The first kappa shape index (κ1) is 13.2. The molecule has 1 unspecified atom stereocenters. The van der Waals surface area contributed by atoms with E-state index in [1.54, 1.807) is 6.07 Å². The second kappa shape index (κ2) is 5.57. The minimum absolute atomic E-state index is 0.201. The maximum absolute atomic E-state index is 6.03. The summed E-state index contributed by atoms with van der Waals surface area (Å²) in [6, 6.07) is 5.86. The van der Waals surface area contributed by atoms with Gasteiger partial charge in [0, 0.05) is 29.2 Å². The summed E-state index contributed by atoms with van der Waals surface area (Å²) in [6.45, 7) is 1.69. The van der Waals surface area contributed by atoms with Crippen LogP contribution in [0.4, 0.5) is 0 Å². The smallest absolute Gasteiger partial charge is 0.0468 e. The molecule has 2 rings (SSSR count). The molecule has 0 radical (unpaired) electrons. The van der Waals surface area contributed by atoms with E-state index in [9.17, 15) is 0 Å². The SMILES string of the molecule is CN(CC1CC1)C(CN)c1cc(Cl)cc(Cl)c1. The third-order valence-electron chi connectivity index (χ3n) is 3.27. The summed E-state index contributed by atoms with van der Waals surface area (Å²) in [5.74, 6) is 0.851. The van der Waals surface area contributed by atoms with Gasteiger partial charge in [-0.3, -0.25) is 4.90 Å². The van der Waals surface area contributed by atoms with Crippen LogP contribution < -0.4 is 5.73 Å². The van der Waals surface area contributed by atoms with Crippen LogP contribution >= 0.6 is 23.2 Å². The molecular formula is C13H18Cl2N2. The second-order valence-corrected chi connectivity index (χ2v) is 5.71. The molecule has 94 valence electrons. The lowest BCUT2D eigenvalue weighted by atomic mass is 10.1. The Morgan fingerprint density at radius 2 is 1.88 bits per heavy atom. The zero-order valence-electron chi connectivity index (χ0n) is 10.00. The predicted molar refractivity (Wildman–Crippen MR) is 73.6 cm³/mol. The van der Waals surface area contributed by atoms with E-state index >= 15 is 0 Å². The number of likely N-dealkylation sites (N-methyl/N-ethyl adjacent to an activating group) is 1. The molecule has 0 amide bonds. The molecule has 0 heterocycles. The summed E-state index contributed by atoms with van der Waals surface area (Å²) in [7, 11) is 2.12. The largest absolute Gasteiger partial charge is 0.329 e. The molecule has 1 aromatic rings. The number of nitrogens with zero attached hydrogens (tertiary/aromatic N) is 1. The van der Waals surface area contributed by atoms with E-state index in [0.29, 0.717) is 16.6 Å². The number of rotatable bonds is 5. The monoisotopic (exact) mass is 272 g/mol. The fraction of sp³-hybridized carbons (Fsp3) is 0.538. The van der Waals surface area contributed by atoms with Crippen molar-refractivity contribution in [3.63, 3.8) is 0 Å². The van der Waals surface area contributed by atoms with Gasteiger partial charge in [0.25, 0.3) is 0 Å². The predicted octanol–water partition coefficient (Wildman–Crippen LogP) is 3.34. The first-order valence-electron chi connectivity index (χ1n) is 5.96. The number of hydrogen-bond donors (Lipinski definition) is 1. The highest BCUT2D eigenvalue weighted by atomic mass is 35.5. The molecule has 2 N–H and O–H groups in total. The van der Waals surface area contributed by atoms with Gasteiger partial charge in [0.1, 0.15) is 0 Å². The number of halogens is 2. The maximum atomic E-state index is 6.03. The van der Waals surface area contributed by atoms with Crippen molar-refractivity contribution < 1.29 is 0 Å². The lowest BCUT2D eigenvalue weighted by Crippen LogP contribution is -2.32. The molecule has 0 spiro atoms. The summed E-state index contributed by atoms with van der Waals surface area (Å²) < 4.78 is 0. The van der Waals surface area contributed by atoms with Crippen LogP contribution in [0.1, 0.15) is 24.4 Å². The van der Waals surface area contributed by atoms with Gasteiger partial charge in [-0.05, 0) is 49.6 Å². The molecule has 0 aromatic heterocycles. The molecule has 1 aliphatic rings. The molecule has 1 aromatic carbocycles. The van der Waals surface area contributed by atoms with Gasteiger partial charge in [0.2, 0.25) is 0 Å². The number of benzene rings is 1. The lowest BCUT2D eigenvalue weighted by molar-refractivity contribution is 0.240. The fourth-order valence-electron chi connectivity index (χ4n) is 2.17. The van der Waals surface area contributed by atoms with Crippen LogP contribution in [0.25, 0.3) is 0 Å². The van der Waals surface area contributed by atoms with Crippen molar-refractivity contribution in [2.24, 2.45) is 11.7 Å². The van der Waals surface area contributed by atoms with Gasteiger partial charge in [-0.15, -0.1) is 0 Å². The van der Waals surface area contributed by atoms with E-state index in [2.05, 4.69) is 11.9 Å². The van der Waals surface area contributed by atoms with Gasteiger partial charge in [-0.25, -0.2) is 0 Å². The van der Waals surface area contributed by atoms with Crippen molar-refractivity contribution in [3.05, 3.63) is 33.8 Å². The van der Waals surface area contributed by atoms with E-state index in [1.165, 1.54) is 12.8 Å². The molecule has 2 nitrogen and oxygen atoms in total. The maximum Gasteiger partial charge on any atom is 0.0468 e. The lowest BCUT2D eigenvalue weighted by Gasteiger charge is -2.27. The van der Waals surface area contributed by atoms with E-state index < -0.39 is 0 Å². The summed E-state index contributed by atoms with van der Waals surface area (Å²) in [4.78, 5) is 2.31. The Labute approximate surface area is 113 Å².